The molecule has 5 nitrogen and oxygen atoms in total. The van der Waals surface area contributed by atoms with Crippen LogP contribution in [0.2, 0.25) is 0 Å². The Morgan fingerprint density at radius 3 is 2.85 bits per heavy atom. The summed E-state index contributed by atoms with van der Waals surface area (Å²) < 4.78 is 5.10. The number of aromatic hydroxyl groups is 1. The third kappa shape index (κ3) is 4.05. The molecular formula is C15H23N3O2. The lowest BCUT2D eigenvalue weighted by Gasteiger charge is -2.11. The maximum atomic E-state index is 10.0. The predicted octanol–water partition coefficient (Wildman–Crippen LogP) is 1.87. The second-order valence-electron chi connectivity index (χ2n) is 4.99. The van der Waals surface area contributed by atoms with E-state index in [2.05, 4.69) is 15.6 Å². The number of methoxy groups -OCH3 is 1. The Bertz CT molecular complexity index is 470. The molecule has 110 valence electrons. The largest absolute Gasteiger partial charge is 0.504 e. The van der Waals surface area contributed by atoms with E-state index in [0.717, 1.165) is 30.5 Å². The van der Waals surface area contributed by atoms with Crippen molar-refractivity contribution in [3.8, 4) is 11.5 Å². The zero-order chi connectivity index (χ0) is 14.4. The first-order valence-electron chi connectivity index (χ1n) is 7.11. The molecule has 0 aliphatic heterocycles. The summed E-state index contributed by atoms with van der Waals surface area (Å²) in [6.07, 6.45) is 2.62. The number of phenolic OH excluding ortho intramolecular Hbond substituents is 1. The van der Waals surface area contributed by atoms with Gasteiger partial charge in [-0.2, -0.15) is 0 Å². The van der Waals surface area contributed by atoms with Crippen molar-refractivity contribution in [2.24, 2.45) is 10.9 Å². The van der Waals surface area contributed by atoms with Gasteiger partial charge in [-0.1, -0.05) is 12.1 Å². The average molecular weight is 277 g/mol. The fourth-order valence-corrected chi connectivity index (χ4v) is 1.93. The minimum absolute atomic E-state index is 0.164. The Hall–Kier alpha value is -1.91. The van der Waals surface area contributed by atoms with Gasteiger partial charge < -0.3 is 20.5 Å². The molecule has 0 bridgehead atoms. The van der Waals surface area contributed by atoms with Crippen LogP contribution in [0.4, 0.5) is 0 Å². The molecule has 3 N–H and O–H groups in total. The van der Waals surface area contributed by atoms with Gasteiger partial charge in [-0.25, -0.2) is 4.99 Å². The van der Waals surface area contributed by atoms with Crippen LogP contribution < -0.4 is 15.4 Å². The number of aliphatic imine (C=N–C) groups is 1. The zero-order valence-electron chi connectivity index (χ0n) is 12.1. The van der Waals surface area contributed by atoms with Crippen LogP contribution in [-0.2, 0) is 6.54 Å². The Balaban J connectivity index is 1.99. The zero-order valence-corrected chi connectivity index (χ0v) is 12.1. The highest BCUT2D eigenvalue weighted by molar-refractivity contribution is 5.79. The topological polar surface area (TPSA) is 65.9 Å². The van der Waals surface area contributed by atoms with Crippen LogP contribution in [0.1, 0.15) is 25.3 Å². The molecular weight excluding hydrogens is 254 g/mol. The number of nitrogens with zero attached hydrogens (tertiary/aromatic N) is 1. The molecule has 0 amide bonds. The third-order valence-corrected chi connectivity index (χ3v) is 3.31. The van der Waals surface area contributed by atoms with Crippen LogP contribution in [-0.4, -0.2) is 31.3 Å². The number of hydrogen-bond acceptors (Lipinski definition) is 3. The third-order valence-electron chi connectivity index (χ3n) is 3.31. The van der Waals surface area contributed by atoms with Gasteiger partial charge in [0, 0.05) is 18.7 Å². The van der Waals surface area contributed by atoms with E-state index in [1.807, 2.05) is 19.1 Å². The summed E-state index contributed by atoms with van der Waals surface area (Å²) in [6.45, 7) is 4.25. The molecule has 20 heavy (non-hydrogen) atoms. The van der Waals surface area contributed by atoms with E-state index in [1.54, 1.807) is 13.2 Å². The lowest BCUT2D eigenvalue weighted by Crippen LogP contribution is -2.38. The van der Waals surface area contributed by atoms with Crippen LogP contribution in [0.15, 0.2) is 23.2 Å². The summed E-state index contributed by atoms with van der Waals surface area (Å²) in [5.41, 5.74) is 0.757. The Morgan fingerprint density at radius 1 is 1.40 bits per heavy atom. The minimum Gasteiger partial charge on any atom is -0.504 e. The molecule has 0 radical (unpaired) electrons. The summed E-state index contributed by atoms with van der Waals surface area (Å²) in [4.78, 5) is 4.50. The lowest BCUT2D eigenvalue weighted by molar-refractivity contribution is 0.370. The standard InChI is InChI=1S/C15H23N3O2/c1-3-16-15(17-9-11-7-8-11)18-10-12-5-4-6-13(20-2)14(12)19/h4-6,11,19H,3,7-10H2,1-2H3,(H2,16,17,18). The molecule has 5 heteroatoms. The number of benzene rings is 1. The number of ether oxygens (including phenoxy) is 1. The van der Waals surface area contributed by atoms with Gasteiger partial charge in [-0.15, -0.1) is 0 Å². The number of hydrogen-bond donors (Lipinski definition) is 3. The molecule has 0 unspecified atom stereocenters. The SMILES string of the molecule is CCNC(=NCc1cccc(OC)c1O)NCC1CC1. The maximum Gasteiger partial charge on any atom is 0.191 e. The quantitative estimate of drug-likeness (QED) is 0.548. The fraction of sp³-hybridized carbons (Fsp3) is 0.533. The normalized spacial score (nSPS) is 15.0. The van der Waals surface area contributed by atoms with Gasteiger partial charge >= 0.3 is 0 Å². The molecule has 0 saturated heterocycles. The van der Waals surface area contributed by atoms with Gasteiger partial charge in [0.05, 0.1) is 13.7 Å². The maximum absolute atomic E-state index is 10.0. The van der Waals surface area contributed by atoms with Crippen molar-refractivity contribution in [2.75, 3.05) is 20.2 Å². The molecule has 1 aromatic carbocycles. The number of para-hydroxylation sites is 1. The monoisotopic (exact) mass is 277 g/mol. The van der Waals surface area contributed by atoms with Crippen LogP contribution in [0.3, 0.4) is 0 Å². The van der Waals surface area contributed by atoms with Gasteiger partial charge in [-0.05, 0) is 31.7 Å². The van der Waals surface area contributed by atoms with Crippen LogP contribution in [0, 0.1) is 5.92 Å². The Morgan fingerprint density at radius 2 is 2.20 bits per heavy atom. The minimum atomic E-state index is 0.164. The van der Waals surface area contributed by atoms with Gasteiger partial charge in [0.2, 0.25) is 0 Å². The smallest absolute Gasteiger partial charge is 0.191 e. The molecule has 0 atom stereocenters. The molecule has 1 aliphatic carbocycles. The van der Waals surface area contributed by atoms with Crippen molar-refractivity contribution in [3.63, 3.8) is 0 Å². The summed E-state index contributed by atoms with van der Waals surface area (Å²) in [5, 5.41) is 16.6. The van der Waals surface area contributed by atoms with E-state index in [0.29, 0.717) is 12.3 Å². The van der Waals surface area contributed by atoms with Gasteiger partial charge in [-0.3, -0.25) is 0 Å². The van der Waals surface area contributed by atoms with Crippen molar-refractivity contribution in [3.05, 3.63) is 23.8 Å². The van der Waals surface area contributed by atoms with Crippen molar-refractivity contribution in [1.82, 2.24) is 10.6 Å². The van der Waals surface area contributed by atoms with E-state index >= 15 is 0 Å². The van der Waals surface area contributed by atoms with Crippen molar-refractivity contribution >= 4 is 5.96 Å². The number of phenols is 1. The van der Waals surface area contributed by atoms with Crippen molar-refractivity contribution in [2.45, 2.75) is 26.3 Å². The molecule has 0 spiro atoms. The van der Waals surface area contributed by atoms with E-state index in [-0.39, 0.29) is 5.75 Å². The van der Waals surface area contributed by atoms with E-state index in [9.17, 15) is 5.11 Å². The number of nitrogens with one attached hydrogen (secondary N) is 2. The molecule has 1 saturated carbocycles. The Kier molecular flexibility index (Phi) is 5.09. The summed E-state index contributed by atoms with van der Waals surface area (Å²) in [5.74, 6) is 2.23. The fourth-order valence-electron chi connectivity index (χ4n) is 1.93. The van der Waals surface area contributed by atoms with Crippen LogP contribution in [0.5, 0.6) is 11.5 Å². The van der Waals surface area contributed by atoms with Gasteiger partial charge in [0.1, 0.15) is 0 Å². The van der Waals surface area contributed by atoms with Crippen molar-refractivity contribution < 1.29 is 9.84 Å². The summed E-state index contributed by atoms with van der Waals surface area (Å²) >= 11 is 0. The molecule has 1 aliphatic rings. The second-order valence-corrected chi connectivity index (χ2v) is 4.99. The molecule has 0 aromatic heterocycles. The average Bonchev–Trinajstić information content (AvgIpc) is 3.27. The number of guanidine groups is 1. The first-order valence-corrected chi connectivity index (χ1v) is 7.11. The van der Waals surface area contributed by atoms with Gasteiger partial charge in [0.25, 0.3) is 0 Å². The second kappa shape index (κ2) is 7.03. The predicted molar refractivity (Wildman–Crippen MR) is 80.2 cm³/mol. The van der Waals surface area contributed by atoms with Crippen molar-refractivity contribution in [1.29, 1.82) is 0 Å². The summed E-state index contributed by atoms with van der Waals surface area (Å²) in [6, 6.07) is 5.44. The lowest BCUT2D eigenvalue weighted by atomic mass is 10.2. The summed E-state index contributed by atoms with van der Waals surface area (Å²) in [7, 11) is 1.55. The van der Waals surface area contributed by atoms with E-state index in [4.69, 9.17) is 4.74 Å². The first kappa shape index (κ1) is 14.5. The number of rotatable bonds is 6. The molecule has 2 rings (SSSR count). The van der Waals surface area contributed by atoms with Gasteiger partial charge in [0.15, 0.2) is 17.5 Å². The van der Waals surface area contributed by atoms with E-state index in [1.165, 1.54) is 12.8 Å². The van der Waals surface area contributed by atoms with E-state index < -0.39 is 0 Å². The van der Waals surface area contributed by atoms with Crippen LogP contribution >= 0.6 is 0 Å². The highest BCUT2D eigenvalue weighted by Crippen LogP contribution is 2.30. The Labute approximate surface area is 120 Å². The molecule has 1 aromatic rings. The highest BCUT2D eigenvalue weighted by Gasteiger charge is 2.21. The highest BCUT2D eigenvalue weighted by atomic mass is 16.5. The molecule has 0 heterocycles. The van der Waals surface area contributed by atoms with Crippen LogP contribution in [0.25, 0.3) is 0 Å². The molecule has 1 fully saturated rings. The first-order chi connectivity index (χ1) is 9.74.